The minimum Gasteiger partial charge on any atom is -0.382 e. The number of nitrogens with one attached hydrogen (secondary N) is 2. The maximum Gasteiger partial charge on any atom is 0.258 e. The zero-order valence-electron chi connectivity index (χ0n) is 10.8. The Bertz CT molecular complexity index is 690. The molecule has 0 aromatic carbocycles. The lowest BCUT2D eigenvalue weighted by atomic mass is 9.93. The molecule has 1 aliphatic rings. The molecule has 0 saturated heterocycles. The Hall–Kier alpha value is -2.63. The third-order valence-corrected chi connectivity index (χ3v) is 3.40. The Morgan fingerprint density at radius 3 is 3.05 bits per heavy atom. The number of rotatable bonds is 2. The molecule has 2 aromatic heterocycles. The number of Topliss-reactive ketones (excluding diaryl/α,β-unsaturated/α-hetero) is 1. The van der Waals surface area contributed by atoms with E-state index in [2.05, 4.69) is 15.3 Å². The van der Waals surface area contributed by atoms with E-state index in [4.69, 9.17) is 5.73 Å². The number of pyridine rings is 1. The number of hydrogen-bond acceptors (Lipinski definition) is 4. The van der Waals surface area contributed by atoms with Gasteiger partial charge in [0, 0.05) is 24.5 Å². The van der Waals surface area contributed by atoms with Gasteiger partial charge in [0.25, 0.3) is 5.91 Å². The standard InChI is InChI=1S/C14H14N4O2/c15-13-10(4-2-6-16-13)18-14(20)8-7-17-9-3-1-5-11(19)12(8)9/h2,4,6-7,17H,1,3,5H2,(H2,15,16)(H,18,20). The first-order chi connectivity index (χ1) is 9.66. The average Bonchev–Trinajstić information content (AvgIpc) is 2.87. The summed E-state index contributed by atoms with van der Waals surface area (Å²) in [7, 11) is 0. The molecule has 0 bridgehead atoms. The number of carbonyl (C=O) groups excluding carboxylic acids is 2. The monoisotopic (exact) mass is 270 g/mol. The maximum atomic E-state index is 12.3. The topological polar surface area (TPSA) is 101 Å². The lowest BCUT2D eigenvalue weighted by Crippen LogP contribution is -2.18. The minimum absolute atomic E-state index is 0.0109. The predicted octanol–water partition coefficient (Wildman–Crippen LogP) is 1.76. The number of H-pyrrole nitrogens is 1. The van der Waals surface area contributed by atoms with Gasteiger partial charge in [-0.2, -0.15) is 0 Å². The van der Waals surface area contributed by atoms with Gasteiger partial charge >= 0.3 is 0 Å². The largest absolute Gasteiger partial charge is 0.382 e. The van der Waals surface area contributed by atoms with Crippen molar-refractivity contribution < 1.29 is 9.59 Å². The van der Waals surface area contributed by atoms with Crippen LogP contribution >= 0.6 is 0 Å². The minimum atomic E-state index is -0.350. The van der Waals surface area contributed by atoms with Gasteiger partial charge in [0.05, 0.1) is 16.8 Å². The molecule has 0 saturated carbocycles. The number of nitrogens with two attached hydrogens (primary N) is 1. The van der Waals surface area contributed by atoms with Crippen LogP contribution in [0.5, 0.6) is 0 Å². The summed E-state index contributed by atoms with van der Waals surface area (Å²) in [6.45, 7) is 0. The Balaban J connectivity index is 1.91. The number of aryl methyl sites for hydroxylation is 1. The summed E-state index contributed by atoms with van der Waals surface area (Å²) in [6.07, 6.45) is 5.23. The van der Waals surface area contributed by atoms with Crippen molar-refractivity contribution in [1.29, 1.82) is 0 Å². The van der Waals surface area contributed by atoms with E-state index in [0.717, 1.165) is 18.5 Å². The summed E-state index contributed by atoms with van der Waals surface area (Å²) in [5, 5.41) is 2.68. The maximum absolute atomic E-state index is 12.3. The zero-order chi connectivity index (χ0) is 14.1. The third kappa shape index (κ3) is 2.05. The lowest BCUT2D eigenvalue weighted by Gasteiger charge is -2.12. The number of nitrogens with zero attached hydrogens (tertiary/aromatic N) is 1. The molecule has 1 amide bonds. The van der Waals surface area contributed by atoms with E-state index in [1.165, 1.54) is 0 Å². The molecule has 6 nitrogen and oxygen atoms in total. The van der Waals surface area contributed by atoms with E-state index in [1.807, 2.05) is 0 Å². The summed E-state index contributed by atoms with van der Waals surface area (Å²) < 4.78 is 0. The number of anilines is 2. The van der Waals surface area contributed by atoms with E-state index in [9.17, 15) is 9.59 Å². The molecule has 102 valence electrons. The number of aromatic amines is 1. The van der Waals surface area contributed by atoms with Crippen LogP contribution in [0.3, 0.4) is 0 Å². The van der Waals surface area contributed by atoms with E-state index in [1.54, 1.807) is 24.5 Å². The highest BCUT2D eigenvalue weighted by Crippen LogP contribution is 2.25. The van der Waals surface area contributed by atoms with E-state index < -0.39 is 0 Å². The SMILES string of the molecule is Nc1ncccc1NC(=O)c1c[nH]c2c1C(=O)CCC2. The van der Waals surface area contributed by atoms with Crippen LogP contribution in [0, 0.1) is 0 Å². The van der Waals surface area contributed by atoms with Gasteiger partial charge in [-0.05, 0) is 25.0 Å². The molecule has 0 spiro atoms. The van der Waals surface area contributed by atoms with Crippen LogP contribution in [-0.4, -0.2) is 21.7 Å². The van der Waals surface area contributed by atoms with Gasteiger partial charge < -0.3 is 16.0 Å². The van der Waals surface area contributed by atoms with Gasteiger partial charge in [0.1, 0.15) is 5.82 Å². The van der Waals surface area contributed by atoms with Gasteiger partial charge in [-0.15, -0.1) is 0 Å². The number of fused-ring (bicyclic) bond motifs is 1. The van der Waals surface area contributed by atoms with Crippen molar-refractivity contribution in [2.75, 3.05) is 11.1 Å². The zero-order valence-corrected chi connectivity index (χ0v) is 10.8. The number of hydrogen-bond donors (Lipinski definition) is 3. The van der Waals surface area contributed by atoms with Crippen LogP contribution in [0.15, 0.2) is 24.5 Å². The van der Waals surface area contributed by atoms with Crippen LogP contribution in [0.4, 0.5) is 11.5 Å². The Kier molecular flexibility index (Phi) is 2.98. The van der Waals surface area contributed by atoms with Crippen molar-refractivity contribution in [3.63, 3.8) is 0 Å². The molecule has 0 unspecified atom stereocenters. The first-order valence-electron chi connectivity index (χ1n) is 6.42. The molecule has 0 atom stereocenters. The second-order valence-electron chi connectivity index (χ2n) is 4.72. The molecule has 2 heterocycles. The van der Waals surface area contributed by atoms with E-state index >= 15 is 0 Å². The van der Waals surface area contributed by atoms with Crippen molar-refractivity contribution in [2.45, 2.75) is 19.3 Å². The van der Waals surface area contributed by atoms with Crippen molar-refractivity contribution >= 4 is 23.2 Å². The number of aromatic nitrogens is 2. The highest BCUT2D eigenvalue weighted by atomic mass is 16.2. The lowest BCUT2D eigenvalue weighted by molar-refractivity contribution is 0.0956. The van der Waals surface area contributed by atoms with Crippen LogP contribution in [0.25, 0.3) is 0 Å². The number of carbonyl (C=O) groups is 2. The van der Waals surface area contributed by atoms with Crippen molar-refractivity contribution in [1.82, 2.24) is 9.97 Å². The smallest absolute Gasteiger partial charge is 0.258 e. The molecule has 20 heavy (non-hydrogen) atoms. The quantitative estimate of drug-likeness (QED) is 0.774. The number of amides is 1. The third-order valence-electron chi connectivity index (χ3n) is 3.40. The van der Waals surface area contributed by atoms with Gasteiger partial charge in [-0.3, -0.25) is 9.59 Å². The summed E-state index contributed by atoms with van der Waals surface area (Å²) in [4.78, 5) is 31.1. The second kappa shape index (κ2) is 4.80. The van der Waals surface area contributed by atoms with E-state index in [0.29, 0.717) is 23.2 Å². The predicted molar refractivity (Wildman–Crippen MR) is 74.7 cm³/mol. The molecule has 1 aliphatic carbocycles. The Morgan fingerprint density at radius 1 is 1.40 bits per heavy atom. The average molecular weight is 270 g/mol. The first kappa shape index (κ1) is 12.4. The van der Waals surface area contributed by atoms with Crippen LogP contribution in [0.2, 0.25) is 0 Å². The molecule has 0 aliphatic heterocycles. The number of ketones is 1. The van der Waals surface area contributed by atoms with Gasteiger partial charge in [0.15, 0.2) is 5.78 Å². The van der Waals surface area contributed by atoms with Crippen LogP contribution in [-0.2, 0) is 6.42 Å². The normalized spacial score (nSPS) is 13.9. The first-order valence-corrected chi connectivity index (χ1v) is 6.42. The summed E-state index contributed by atoms with van der Waals surface area (Å²) in [5.41, 5.74) is 7.84. The molecule has 0 fully saturated rings. The molecule has 4 N–H and O–H groups in total. The molecule has 3 rings (SSSR count). The van der Waals surface area contributed by atoms with Crippen molar-refractivity contribution in [2.24, 2.45) is 0 Å². The fraction of sp³-hybridized carbons (Fsp3) is 0.214. The van der Waals surface area contributed by atoms with Gasteiger partial charge in [0.2, 0.25) is 0 Å². The molecular formula is C14H14N4O2. The van der Waals surface area contributed by atoms with Crippen molar-refractivity contribution in [3.05, 3.63) is 41.3 Å². The van der Waals surface area contributed by atoms with Crippen LogP contribution < -0.4 is 11.1 Å². The summed E-state index contributed by atoms with van der Waals surface area (Å²) in [5.74, 6) is -0.0918. The van der Waals surface area contributed by atoms with Crippen molar-refractivity contribution in [3.8, 4) is 0 Å². The molecule has 6 heteroatoms. The second-order valence-corrected chi connectivity index (χ2v) is 4.72. The molecule has 0 radical (unpaired) electrons. The highest BCUT2D eigenvalue weighted by molar-refractivity contribution is 6.14. The van der Waals surface area contributed by atoms with Gasteiger partial charge in [-0.1, -0.05) is 0 Å². The Labute approximate surface area is 115 Å². The summed E-state index contributed by atoms with van der Waals surface area (Å²) >= 11 is 0. The Morgan fingerprint density at radius 2 is 2.25 bits per heavy atom. The summed E-state index contributed by atoms with van der Waals surface area (Å²) in [6, 6.07) is 3.35. The highest BCUT2D eigenvalue weighted by Gasteiger charge is 2.26. The van der Waals surface area contributed by atoms with Crippen LogP contribution in [0.1, 0.15) is 39.3 Å². The molecular weight excluding hydrogens is 256 g/mol. The fourth-order valence-electron chi connectivity index (χ4n) is 2.42. The fourth-order valence-corrected chi connectivity index (χ4v) is 2.42. The van der Waals surface area contributed by atoms with Gasteiger partial charge in [-0.25, -0.2) is 4.98 Å². The molecule has 2 aromatic rings. The van der Waals surface area contributed by atoms with E-state index in [-0.39, 0.29) is 17.5 Å². The number of nitrogen functional groups attached to an aromatic ring is 1.